The van der Waals surface area contributed by atoms with E-state index in [1.165, 1.54) is 12.1 Å². The van der Waals surface area contributed by atoms with Gasteiger partial charge < -0.3 is 15.0 Å². The summed E-state index contributed by atoms with van der Waals surface area (Å²) >= 11 is 0. The Balaban J connectivity index is 1.88. The first kappa shape index (κ1) is 17.9. The van der Waals surface area contributed by atoms with Crippen molar-refractivity contribution in [2.75, 3.05) is 31.2 Å². The van der Waals surface area contributed by atoms with Crippen LogP contribution >= 0.6 is 0 Å². The maximum atomic E-state index is 12.9. The summed E-state index contributed by atoms with van der Waals surface area (Å²) in [7, 11) is 0. The van der Waals surface area contributed by atoms with Gasteiger partial charge in [0.1, 0.15) is 0 Å². The number of non-ortho nitro benzene ring substituents is 1. The van der Waals surface area contributed by atoms with Crippen molar-refractivity contribution in [2.45, 2.75) is 13.0 Å². The lowest BCUT2D eigenvalue weighted by molar-refractivity contribution is -0.384. The van der Waals surface area contributed by atoms with Crippen molar-refractivity contribution in [1.82, 2.24) is 5.32 Å². The van der Waals surface area contributed by atoms with Crippen LogP contribution in [0.2, 0.25) is 0 Å². The number of hydrogen-bond acceptors (Lipinski definition) is 5. The summed E-state index contributed by atoms with van der Waals surface area (Å²) in [5.41, 5.74) is 1.87. The van der Waals surface area contributed by atoms with E-state index >= 15 is 0 Å². The standard InChI is InChI=1S/C19H21N3O4/c1-14(15-5-3-2-4-6-15)20-19(23)17-13-16(22(24)25)7-8-18(17)21-9-11-26-12-10-21/h2-8,13-14H,9-12H2,1H3,(H,20,23). The minimum Gasteiger partial charge on any atom is -0.378 e. The number of nitrogens with one attached hydrogen (secondary N) is 1. The second kappa shape index (κ2) is 7.97. The topological polar surface area (TPSA) is 84.7 Å². The van der Waals surface area contributed by atoms with Gasteiger partial charge in [0, 0.05) is 25.2 Å². The molecule has 1 amide bonds. The molecule has 26 heavy (non-hydrogen) atoms. The molecule has 0 saturated carbocycles. The molecule has 1 aliphatic rings. The predicted octanol–water partition coefficient (Wildman–Crippen LogP) is 2.92. The number of benzene rings is 2. The van der Waals surface area contributed by atoms with E-state index in [0.29, 0.717) is 37.6 Å². The van der Waals surface area contributed by atoms with Crippen LogP contribution in [0.3, 0.4) is 0 Å². The molecule has 0 spiro atoms. The van der Waals surface area contributed by atoms with Gasteiger partial charge in [-0.2, -0.15) is 0 Å². The van der Waals surface area contributed by atoms with Crippen LogP contribution in [0.15, 0.2) is 48.5 Å². The van der Waals surface area contributed by atoms with Crippen LogP contribution < -0.4 is 10.2 Å². The van der Waals surface area contributed by atoms with Crippen molar-refractivity contribution in [3.63, 3.8) is 0 Å². The summed E-state index contributed by atoms with van der Waals surface area (Å²) < 4.78 is 5.36. The Labute approximate surface area is 151 Å². The molecule has 1 N–H and O–H groups in total. The third-order valence-corrected chi connectivity index (χ3v) is 4.43. The minimum atomic E-state index is -0.486. The van der Waals surface area contributed by atoms with E-state index in [0.717, 1.165) is 5.56 Å². The van der Waals surface area contributed by atoms with Crippen LogP contribution in [0.25, 0.3) is 0 Å². The van der Waals surface area contributed by atoms with Crippen molar-refractivity contribution in [3.05, 3.63) is 69.8 Å². The highest BCUT2D eigenvalue weighted by Crippen LogP contribution is 2.27. The van der Waals surface area contributed by atoms with Crippen LogP contribution in [-0.4, -0.2) is 37.1 Å². The van der Waals surface area contributed by atoms with Gasteiger partial charge in [0.25, 0.3) is 11.6 Å². The molecule has 0 radical (unpaired) electrons. The number of amides is 1. The molecule has 1 atom stereocenters. The lowest BCUT2D eigenvalue weighted by Crippen LogP contribution is -2.38. The van der Waals surface area contributed by atoms with Crippen molar-refractivity contribution in [2.24, 2.45) is 0 Å². The zero-order valence-electron chi connectivity index (χ0n) is 14.6. The summed E-state index contributed by atoms with van der Waals surface area (Å²) in [6.45, 7) is 4.31. The Morgan fingerprint density at radius 3 is 2.54 bits per heavy atom. The molecule has 0 aromatic heterocycles. The quantitative estimate of drug-likeness (QED) is 0.658. The molecule has 1 fully saturated rings. The van der Waals surface area contributed by atoms with Gasteiger partial charge in [0.05, 0.1) is 35.4 Å². The van der Waals surface area contributed by atoms with E-state index in [9.17, 15) is 14.9 Å². The smallest absolute Gasteiger partial charge is 0.270 e. The molecule has 1 saturated heterocycles. The van der Waals surface area contributed by atoms with Crippen LogP contribution in [0.1, 0.15) is 28.9 Å². The summed E-state index contributed by atoms with van der Waals surface area (Å²) in [6.07, 6.45) is 0. The zero-order chi connectivity index (χ0) is 18.5. The van der Waals surface area contributed by atoms with E-state index in [-0.39, 0.29) is 17.6 Å². The van der Waals surface area contributed by atoms with Gasteiger partial charge in [-0.15, -0.1) is 0 Å². The summed E-state index contributed by atoms with van der Waals surface area (Å²) in [5.74, 6) is -0.327. The molecule has 7 heteroatoms. The molecule has 0 aliphatic carbocycles. The van der Waals surface area contributed by atoms with Crippen LogP contribution in [0.4, 0.5) is 11.4 Å². The maximum absolute atomic E-state index is 12.9. The molecule has 2 aromatic rings. The van der Waals surface area contributed by atoms with Gasteiger partial charge in [-0.05, 0) is 18.6 Å². The van der Waals surface area contributed by atoms with Crippen LogP contribution in [-0.2, 0) is 4.74 Å². The highest BCUT2D eigenvalue weighted by atomic mass is 16.6. The molecule has 1 aliphatic heterocycles. The van der Waals surface area contributed by atoms with Gasteiger partial charge >= 0.3 is 0 Å². The predicted molar refractivity (Wildman–Crippen MR) is 98.5 cm³/mol. The number of nitrogens with zero attached hydrogens (tertiary/aromatic N) is 2. The SMILES string of the molecule is CC(NC(=O)c1cc([N+](=O)[O-])ccc1N1CCOCC1)c1ccccc1. The lowest BCUT2D eigenvalue weighted by atomic mass is 10.1. The number of nitro benzene ring substituents is 1. The van der Waals surface area contributed by atoms with Crippen LogP contribution in [0.5, 0.6) is 0 Å². The number of nitro groups is 1. The zero-order valence-corrected chi connectivity index (χ0v) is 14.6. The fraction of sp³-hybridized carbons (Fsp3) is 0.316. The number of carbonyl (C=O) groups is 1. The van der Waals surface area contributed by atoms with Crippen molar-refractivity contribution in [3.8, 4) is 0 Å². The molecule has 136 valence electrons. The summed E-state index contributed by atoms with van der Waals surface area (Å²) in [4.78, 5) is 25.6. The van der Waals surface area contributed by atoms with Gasteiger partial charge in [-0.1, -0.05) is 30.3 Å². The highest BCUT2D eigenvalue weighted by molar-refractivity contribution is 6.00. The molecular weight excluding hydrogens is 334 g/mol. The number of rotatable bonds is 5. The van der Waals surface area contributed by atoms with Gasteiger partial charge in [-0.25, -0.2) is 0 Å². The minimum absolute atomic E-state index is 0.0977. The van der Waals surface area contributed by atoms with Crippen molar-refractivity contribution in [1.29, 1.82) is 0 Å². The second-order valence-corrected chi connectivity index (χ2v) is 6.16. The summed E-state index contributed by atoms with van der Waals surface area (Å²) in [5, 5.41) is 14.1. The molecule has 3 rings (SSSR count). The average molecular weight is 355 g/mol. The first-order valence-corrected chi connectivity index (χ1v) is 8.53. The molecular formula is C19H21N3O4. The van der Waals surface area contributed by atoms with Crippen molar-refractivity contribution < 1.29 is 14.5 Å². The number of carbonyl (C=O) groups excluding carboxylic acids is 1. The van der Waals surface area contributed by atoms with E-state index in [1.807, 2.05) is 42.2 Å². The first-order valence-electron chi connectivity index (χ1n) is 8.53. The van der Waals surface area contributed by atoms with E-state index in [1.54, 1.807) is 6.07 Å². The van der Waals surface area contributed by atoms with Gasteiger partial charge in [-0.3, -0.25) is 14.9 Å². The van der Waals surface area contributed by atoms with Crippen molar-refractivity contribution >= 4 is 17.3 Å². The highest BCUT2D eigenvalue weighted by Gasteiger charge is 2.23. The summed E-state index contributed by atoms with van der Waals surface area (Å²) in [6, 6.07) is 13.8. The third kappa shape index (κ3) is 4.00. The Kier molecular flexibility index (Phi) is 5.48. The van der Waals surface area contributed by atoms with Gasteiger partial charge in [0.2, 0.25) is 0 Å². The molecule has 0 bridgehead atoms. The Morgan fingerprint density at radius 2 is 1.88 bits per heavy atom. The van der Waals surface area contributed by atoms with Gasteiger partial charge in [0.15, 0.2) is 0 Å². The lowest BCUT2D eigenvalue weighted by Gasteiger charge is -2.30. The molecule has 7 nitrogen and oxygen atoms in total. The monoisotopic (exact) mass is 355 g/mol. The van der Waals surface area contributed by atoms with Crippen LogP contribution in [0, 0.1) is 10.1 Å². The number of ether oxygens (including phenoxy) is 1. The fourth-order valence-electron chi connectivity index (χ4n) is 3.00. The number of anilines is 1. The Morgan fingerprint density at radius 1 is 1.19 bits per heavy atom. The Hall–Kier alpha value is -2.93. The number of hydrogen-bond donors (Lipinski definition) is 1. The normalized spacial score (nSPS) is 15.3. The fourth-order valence-corrected chi connectivity index (χ4v) is 3.00. The second-order valence-electron chi connectivity index (χ2n) is 6.16. The van der Waals surface area contributed by atoms with E-state index in [2.05, 4.69) is 5.32 Å². The Bertz CT molecular complexity index is 789. The molecule has 1 unspecified atom stereocenters. The largest absolute Gasteiger partial charge is 0.378 e. The van der Waals surface area contributed by atoms with E-state index < -0.39 is 4.92 Å². The molecule has 1 heterocycles. The first-order chi connectivity index (χ1) is 12.6. The third-order valence-electron chi connectivity index (χ3n) is 4.43. The maximum Gasteiger partial charge on any atom is 0.270 e. The average Bonchev–Trinajstić information content (AvgIpc) is 2.68. The molecule has 2 aromatic carbocycles. The number of morpholine rings is 1. The van der Waals surface area contributed by atoms with E-state index in [4.69, 9.17) is 4.74 Å².